The third-order valence-corrected chi connectivity index (χ3v) is 1.41. The van der Waals surface area contributed by atoms with Crippen LogP contribution in [0.4, 0.5) is 0 Å². The molecule has 0 nitrogen and oxygen atoms in total. The summed E-state index contributed by atoms with van der Waals surface area (Å²) >= 11 is 2.21. The van der Waals surface area contributed by atoms with Gasteiger partial charge in [0.05, 0.1) is 0 Å². The maximum absolute atomic E-state index is 2.21. The molecule has 0 atom stereocenters. The third-order valence-electron chi connectivity index (χ3n) is 1.06. The predicted octanol–water partition coefficient (Wildman–Crippen LogP) is 0.985. The summed E-state index contributed by atoms with van der Waals surface area (Å²) in [6, 6.07) is 10.2. The monoisotopic (exact) mass is 226 g/mol. The van der Waals surface area contributed by atoms with E-state index in [0.29, 0.717) is 0 Å². The number of hydrogen-bond donors (Lipinski definition) is 0. The van der Waals surface area contributed by atoms with Gasteiger partial charge in [-0.1, -0.05) is 0 Å². The molecular weight excluding hydrogens is 221 g/mol. The molecule has 0 amide bonds. The van der Waals surface area contributed by atoms with E-state index < -0.39 is 0 Å². The van der Waals surface area contributed by atoms with Gasteiger partial charge in [-0.3, -0.25) is 0 Å². The molecular formula is C6H5B2I. The van der Waals surface area contributed by atoms with Crippen molar-refractivity contribution in [1.82, 2.24) is 0 Å². The number of hydrogen-bond acceptors (Lipinski definition) is 0. The van der Waals surface area contributed by atoms with Crippen molar-refractivity contribution in [3.05, 3.63) is 30.3 Å². The normalized spacial score (nSPS) is 8.56. The Balaban J connectivity index is 2.85. The average Bonchev–Trinajstić information content (AvgIpc) is 1.91. The summed E-state index contributed by atoms with van der Waals surface area (Å²) in [5, 5.41) is 0. The van der Waals surface area contributed by atoms with Gasteiger partial charge in [-0.15, -0.1) is 0 Å². The molecule has 0 fully saturated rings. The molecule has 0 aliphatic rings. The van der Waals surface area contributed by atoms with Crippen LogP contribution < -0.4 is 5.46 Å². The predicted molar refractivity (Wildman–Crippen MR) is 51.6 cm³/mol. The van der Waals surface area contributed by atoms with E-state index >= 15 is 0 Å². The minimum atomic E-state index is 1.26. The summed E-state index contributed by atoms with van der Waals surface area (Å²) in [4.78, 5) is 0. The first kappa shape index (κ1) is 7.19. The zero-order chi connectivity index (χ0) is 6.53. The Morgan fingerprint density at radius 2 is 1.78 bits per heavy atom. The van der Waals surface area contributed by atoms with Crippen LogP contribution >= 0.6 is 22.4 Å². The first-order chi connectivity index (χ1) is 4.43. The second-order valence-electron chi connectivity index (χ2n) is 1.70. The van der Waals surface area contributed by atoms with Gasteiger partial charge in [-0.2, -0.15) is 0 Å². The van der Waals surface area contributed by atoms with Gasteiger partial charge < -0.3 is 0 Å². The molecule has 0 spiro atoms. The van der Waals surface area contributed by atoms with Gasteiger partial charge in [0.1, 0.15) is 0 Å². The minimum absolute atomic E-state index is 1.26. The van der Waals surface area contributed by atoms with Crippen LogP contribution in [0.25, 0.3) is 0 Å². The first-order valence-electron chi connectivity index (χ1n) is 2.75. The van der Waals surface area contributed by atoms with Crippen molar-refractivity contribution in [3.63, 3.8) is 0 Å². The van der Waals surface area contributed by atoms with Crippen LogP contribution in [0.2, 0.25) is 0 Å². The molecule has 0 aliphatic carbocycles. The second-order valence-corrected chi connectivity index (χ2v) is 2.42. The van der Waals surface area contributed by atoms with Crippen LogP contribution in [0.1, 0.15) is 0 Å². The van der Waals surface area contributed by atoms with Crippen molar-refractivity contribution >= 4 is 39.3 Å². The molecule has 0 N–H and O–H groups in total. The Kier molecular flexibility index (Phi) is 3.18. The third kappa shape index (κ3) is 2.43. The Labute approximate surface area is 69.6 Å². The average molecular weight is 226 g/mol. The Morgan fingerprint density at radius 1 is 1.11 bits per heavy atom. The number of halogens is 1. The number of rotatable bonds is 1. The van der Waals surface area contributed by atoms with E-state index in [2.05, 4.69) is 41.3 Å². The van der Waals surface area contributed by atoms with E-state index in [0.717, 1.165) is 0 Å². The summed E-state index contributed by atoms with van der Waals surface area (Å²) in [7, 11) is 0. The van der Waals surface area contributed by atoms with Crippen molar-refractivity contribution in [3.8, 4) is 0 Å². The SMILES string of the molecule is IB=Bc1ccccc1. The second kappa shape index (κ2) is 3.99. The van der Waals surface area contributed by atoms with Gasteiger partial charge >= 0.3 is 69.6 Å². The van der Waals surface area contributed by atoms with E-state index in [1.165, 1.54) is 5.46 Å². The van der Waals surface area contributed by atoms with E-state index in [9.17, 15) is 0 Å². The molecule has 9 heavy (non-hydrogen) atoms. The number of benzene rings is 1. The molecule has 3 heteroatoms. The van der Waals surface area contributed by atoms with Gasteiger partial charge in [-0.05, 0) is 0 Å². The zero-order valence-corrected chi connectivity index (χ0v) is 7.08. The summed E-state index contributed by atoms with van der Waals surface area (Å²) in [6.07, 6.45) is 0. The molecule has 1 aromatic rings. The van der Waals surface area contributed by atoms with Crippen LogP contribution in [0.3, 0.4) is 0 Å². The molecule has 0 saturated heterocycles. The zero-order valence-electron chi connectivity index (χ0n) is 4.92. The molecule has 0 aromatic heterocycles. The summed E-state index contributed by atoms with van der Waals surface area (Å²) < 4.78 is 2.01. The molecule has 1 rings (SSSR count). The van der Waals surface area contributed by atoms with E-state index in [1.54, 1.807) is 0 Å². The summed E-state index contributed by atoms with van der Waals surface area (Å²) in [5.41, 5.74) is 1.26. The van der Waals surface area contributed by atoms with Gasteiger partial charge in [0.25, 0.3) is 0 Å². The van der Waals surface area contributed by atoms with Gasteiger partial charge in [-0.25, -0.2) is 0 Å². The summed E-state index contributed by atoms with van der Waals surface area (Å²) in [5.74, 6) is 0. The van der Waals surface area contributed by atoms with E-state index in [-0.39, 0.29) is 0 Å². The summed E-state index contributed by atoms with van der Waals surface area (Å²) in [6.45, 7) is 2.07. The quantitative estimate of drug-likeness (QED) is 0.494. The molecule has 0 heterocycles. The fourth-order valence-electron chi connectivity index (χ4n) is 0.637. The Hall–Kier alpha value is 0.0799. The molecule has 42 valence electrons. The fraction of sp³-hybridized carbons (Fsp3) is 0. The molecule has 0 aliphatic heterocycles. The van der Waals surface area contributed by atoms with Gasteiger partial charge in [0.15, 0.2) is 0 Å². The topological polar surface area (TPSA) is 0 Å². The van der Waals surface area contributed by atoms with Crippen LogP contribution in [-0.4, -0.2) is 11.5 Å². The van der Waals surface area contributed by atoms with Gasteiger partial charge in [0, 0.05) is 0 Å². The standard InChI is InChI=1S/C6H5B2I/c9-8-7-6-4-2-1-3-5-6/h1-5H. The van der Waals surface area contributed by atoms with E-state index in [4.69, 9.17) is 0 Å². The van der Waals surface area contributed by atoms with Crippen molar-refractivity contribution in [1.29, 1.82) is 0 Å². The van der Waals surface area contributed by atoms with Crippen molar-refractivity contribution in [2.45, 2.75) is 0 Å². The molecule has 0 radical (unpaired) electrons. The molecule has 0 saturated carbocycles. The first-order valence-corrected chi connectivity index (χ1v) is 4.00. The molecule has 0 bridgehead atoms. The van der Waals surface area contributed by atoms with Crippen LogP contribution in [0.15, 0.2) is 30.3 Å². The van der Waals surface area contributed by atoms with Crippen molar-refractivity contribution in [2.24, 2.45) is 0 Å². The maximum atomic E-state index is 2.21. The van der Waals surface area contributed by atoms with Crippen molar-refractivity contribution in [2.75, 3.05) is 0 Å². The Bertz CT molecular complexity index is 195. The van der Waals surface area contributed by atoms with Crippen LogP contribution in [0, 0.1) is 0 Å². The fourth-order valence-corrected chi connectivity index (χ4v) is 1.05. The molecule has 1 aromatic carbocycles. The Morgan fingerprint density at radius 3 is 2.33 bits per heavy atom. The van der Waals surface area contributed by atoms with Crippen molar-refractivity contribution < 1.29 is 0 Å². The van der Waals surface area contributed by atoms with Crippen LogP contribution in [-0.2, 0) is 0 Å². The van der Waals surface area contributed by atoms with Crippen LogP contribution in [0.5, 0.6) is 0 Å². The van der Waals surface area contributed by atoms with E-state index in [1.807, 2.05) is 22.9 Å². The van der Waals surface area contributed by atoms with Gasteiger partial charge in [0.2, 0.25) is 0 Å². The molecule has 0 unspecified atom stereocenters.